The van der Waals surface area contributed by atoms with Gasteiger partial charge >= 0.3 is 0 Å². The van der Waals surface area contributed by atoms with Crippen LogP contribution in [0.1, 0.15) is 24.5 Å². The predicted octanol–water partition coefficient (Wildman–Crippen LogP) is 3.48. The largest absolute Gasteiger partial charge is 0.493 e. The molecule has 2 heterocycles. The Bertz CT molecular complexity index is 750. The van der Waals surface area contributed by atoms with Gasteiger partial charge in [-0.3, -0.25) is 0 Å². The van der Waals surface area contributed by atoms with E-state index < -0.39 is 0 Å². The zero-order valence-corrected chi connectivity index (χ0v) is 11.2. The van der Waals surface area contributed by atoms with Crippen molar-refractivity contribution < 1.29 is 14.2 Å². The maximum atomic E-state index is 5.85. The van der Waals surface area contributed by atoms with Crippen molar-refractivity contribution in [3.8, 4) is 28.4 Å². The summed E-state index contributed by atoms with van der Waals surface area (Å²) in [5, 5.41) is 0. The molecule has 0 saturated heterocycles. The molecule has 100 valence electrons. The zero-order valence-electron chi connectivity index (χ0n) is 11.2. The van der Waals surface area contributed by atoms with Gasteiger partial charge in [-0.1, -0.05) is 19.1 Å². The molecule has 1 atom stereocenters. The number of hydrogen-bond donors (Lipinski definition) is 0. The Labute approximate surface area is 117 Å². The second kappa shape index (κ2) is 3.29. The van der Waals surface area contributed by atoms with Gasteiger partial charge in [0.2, 0.25) is 6.79 Å². The van der Waals surface area contributed by atoms with E-state index in [-0.39, 0.29) is 5.41 Å². The van der Waals surface area contributed by atoms with Gasteiger partial charge < -0.3 is 14.2 Å². The number of fused-ring (bicyclic) bond motifs is 4. The molecule has 3 aliphatic rings. The van der Waals surface area contributed by atoms with E-state index in [1.54, 1.807) is 0 Å². The van der Waals surface area contributed by atoms with E-state index in [1.807, 2.05) is 0 Å². The molecular formula is C17H14O3. The summed E-state index contributed by atoms with van der Waals surface area (Å²) in [6.45, 7) is 3.40. The second-order valence-electron chi connectivity index (χ2n) is 5.86. The van der Waals surface area contributed by atoms with Crippen LogP contribution in [0.25, 0.3) is 11.1 Å². The minimum atomic E-state index is 0.0283. The van der Waals surface area contributed by atoms with E-state index in [0.29, 0.717) is 6.79 Å². The summed E-state index contributed by atoms with van der Waals surface area (Å²) in [7, 11) is 0. The summed E-state index contributed by atoms with van der Waals surface area (Å²) in [4.78, 5) is 0. The van der Waals surface area contributed by atoms with Crippen LogP contribution in [0.2, 0.25) is 0 Å². The third kappa shape index (κ3) is 1.08. The normalized spacial score (nSPS) is 24.1. The smallest absolute Gasteiger partial charge is 0.231 e. The lowest BCUT2D eigenvalue weighted by Gasteiger charge is -2.33. The van der Waals surface area contributed by atoms with Crippen LogP contribution in [-0.2, 0) is 5.41 Å². The predicted molar refractivity (Wildman–Crippen MR) is 74.6 cm³/mol. The maximum absolute atomic E-state index is 5.85. The van der Waals surface area contributed by atoms with Gasteiger partial charge in [-0.15, -0.1) is 0 Å². The molecule has 0 saturated carbocycles. The number of hydrogen-bond acceptors (Lipinski definition) is 3. The summed E-state index contributed by atoms with van der Waals surface area (Å²) in [5.74, 6) is 2.74. The minimum Gasteiger partial charge on any atom is -0.493 e. The fourth-order valence-electron chi connectivity index (χ4n) is 3.83. The van der Waals surface area contributed by atoms with Crippen molar-refractivity contribution in [2.24, 2.45) is 0 Å². The molecule has 20 heavy (non-hydrogen) atoms. The Morgan fingerprint density at radius 1 is 0.950 bits per heavy atom. The Kier molecular flexibility index (Phi) is 1.74. The van der Waals surface area contributed by atoms with Crippen molar-refractivity contribution >= 4 is 0 Å². The van der Waals surface area contributed by atoms with Crippen molar-refractivity contribution in [2.45, 2.75) is 18.8 Å². The first-order valence-electron chi connectivity index (χ1n) is 6.98. The lowest BCUT2D eigenvalue weighted by molar-refractivity contribution is 0.174. The lowest BCUT2D eigenvalue weighted by atomic mass is 9.76. The average Bonchev–Trinajstić information content (AvgIpc) is 3.01. The first-order valence-corrected chi connectivity index (χ1v) is 6.98. The van der Waals surface area contributed by atoms with E-state index in [1.165, 1.54) is 22.3 Å². The van der Waals surface area contributed by atoms with Gasteiger partial charge in [0.05, 0.1) is 6.61 Å². The Morgan fingerprint density at radius 3 is 2.70 bits per heavy atom. The van der Waals surface area contributed by atoms with Crippen molar-refractivity contribution in [3.63, 3.8) is 0 Å². The first kappa shape index (κ1) is 10.6. The highest BCUT2D eigenvalue weighted by Crippen LogP contribution is 2.58. The van der Waals surface area contributed by atoms with Crippen LogP contribution >= 0.6 is 0 Å². The van der Waals surface area contributed by atoms with Crippen LogP contribution < -0.4 is 14.2 Å². The quantitative estimate of drug-likeness (QED) is 0.730. The third-order valence-corrected chi connectivity index (χ3v) is 4.84. The van der Waals surface area contributed by atoms with Crippen LogP contribution in [-0.4, -0.2) is 13.4 Å². The van der Waals surface area contributed by atoms with Crippen LogP contribution in [0.4, 0.5) is 0 Å². The van der Waals surface area contributed by atoms with Gasteiger partial charge in [0.15, 0.2) is 11.5 Å². The molecule has 3 heteroatoms. The van der Waals surface area contributed by atoms with Crippen LogP contribution in [0.3, 0.4) is 0 Å². The van der Waals surface area contributed by atoms with Crippen molar-refractivity contribution in [1.29, 1.82) is 0 Å². The first-order chi connectivity index (χ1) is 9.77. The van der Waals surface area contributed by atoms with Gasteiger partial charge in [0, 0.05) is 11.0 Å². The fraction of sp³-hybridized carbons (Fsp3) is 0.294. The summed E-state index contributed by atoms with van der Waals surface area (Å²) in [6, 6.07) is 10.6. The fourth-order valence-corrected chi connectivity index (χ4v) is 3.83. The number of ether oxygens (including phenoxy) is 3. The van der Waals surface area contributed by atoms with Gasteiger partial charge in [-0.25, -0.2) is 0 Å². The van der Waals surface area contributed by atoms with Gasteiger partial charge in [0.25, 0.3) is 0 Å². The Hall–Kier alpha value is -2.16. The lowest BCUT2D eigenvalue weighted by Crippen LogP contribution is -2.28. The summed E-state index contributed by atoms with van der Waals surface area (Å²) < 4.78 is 16.9. The topological polar surface area (TPSA) is 27.7 Å². The van der Waals surface area contributed by atoms with Crippen LogP contribution in [0.5, 0.6) is 17.2 Å². The van der Waals surface area contributed by atoms with E-state index >= 15 is 0 Å². The Morgan fingerprint density at radius 2 is 1.80 bits per heavy atom. The molecule has 0 bridgehead atoms. The Balaban J connectivity index is 1.89. The van der Waals surface area contributed by atoms with Crippen molar-refractivity contribution in [1.82, 2.24) is 0 Å². The average molecular weight is 266 g/mol. The van der Waals surface area contributed by atoms with Gasteiger partial charge in [-0.2, -0.15) is 0 Å². The van der Waals surface area contributed by atoms with Gasteiger partial charge in [-0.05, 0) is 41.3 Å². The van der Waals surface area contributed by atoms with Crippen molar-refractivity contribution in [3.05, 3.63) is 41.5 Å². The van der Waals surface area contributed by atoms with Crippen molar-refractivity contribution in [2.75, 3.05) is 13.4 Å². The van der Waals surface area contributed by atoms with Crippen LogP contribution in [0.15, 0.2) is 30.3 Å². The van der Waals surface area contributed by atoms with E-state index in [9.17, 15) is 0 Å². The van der Waals surface area contributed by atoms with E-state index in [4.69, 9.17) is 14.2 Å². The van der Waals surface area contributed by atoms with Gasteiger partial charge in [0.1, 0.15) is 5.75 Å². The molecule has 5 rings (SSSR count). The molecule has 0 radical (unpaired) electrons. The molecule has 3 nitrogen and oxygen atoms in total. The minimum absolute atomic E-state index is 0.0283. The molecule has 0 spiro atoms. The van der Waals surface area contributed by atoms with Crippen LogP contribution in [0, 0.1) is 0 Å². The standard InChI is InChI=1S/C17H14O3/c1-17-5-6-18-13-4-2-3-10(16(13)17)11-7-14-15(8-12(11)17)20-9-19-14/h2-4,7-8H,5-6,9H2,1H3. The molecule has 1 aliphatic carbocycles. The molecule has 0 aromatic heterocycles. The van der Waals surface area contributed by atoms with E-state index in [2.05, 4.69) is 37.3 Å². The third-order valence-electron chi connectivity index (χ3n) is 4.84. The molecule has 0 amide bonds. The number of rotatable bonds is 0. The highest BCUT2D eigenvalue weighted by Gasteiger charge is 2.44. The van der Waals surface area contributed by atoms with E-state index in [0.717, 1.165) is 30.3 Å². The highest BCUT2D eigenvalue weighted by atomic mass is 16.7. The number of benzene rings is 2. The summed E-state index contributed by atoms with van der Waals surface area (Å²) in [5.41, 5.74) is 5.23. The summed E-state index contributed by atoms with van der Waals surface area (Å²) >= 11 is 0. The maximum Gasteiger partial charge on any atom is 0.231 e. The molecule has 1 unspecified atom stereocenters. The SMILES string of the molecule is CC12CCOc3cccc(c31)-c1cc3c(cc12)OCO3. The molecule has 2 aromatic carbocycles. The highest BCUT2D eigenvalue weighted by molar-refractivity contribution is 5.85. The second-order valence-corrected chi connectivity index (χ2v) is 5.86. The molecular weight excluding hydrogens is 252 g/mol. The summed E-state index contributed by atoms with van der Waals surface area (Å²) in [6.07, 6.45) is 1.00. The molecule has 0 N–H and O–H groups in total. The molecule has 2 aromatic rings. The zero-order chi connectivity index (χ0) is 13.3. The molecule has 2 aliphatic heterocycles. The monoisotopic (exact) mass is 266 g/mol. The molecule has 0 fully saturated rings.